The second-order valence-corrected chi connectivity index (χ2v) is 9.62. The van der Waals surface area contributed by atoms with Crippen molar-refractivity contribution in [1.29, 1.82) is 0 Å². The number of thiazole rings is 1. The SMILES string of the molecule is CCCCCc1ccc2sc(C(=O)Nc3nc(C(C)(C)C)cs3)cc2c1. The summed E-state index contributed by atoms with van der Waals surface area (Å²) in [5.41, 5.74) is 2.35. The minimum absolute atomic E-state index is 0.00866. The number of nitrogens with one attached hydrogen (secondary N) is 1. The highest BCUT2D eigenvalue weighted by atomic mass is 32.1. The van der Waals surface area contributed by atoms with Gasteiger partial charge in [0.25, 0.3) is 5.91 Å². The Morgan fingerprint density at radius 3 is 2.69 bits per heavy atom. The average molecular weight is 387 g/mol. The lowest BCUT2D eigenvalue weighted by atomic mass is 9.93. The van der Waals surface area contributed by atoms with E-state index in [1.807, 2.05) is 11.4 Å². The summed E-state index contributed by atoms with van der Waals surface area (Å²) in [7, 11) is 0. The van der Waals surface area contributed by atoms with E-state index in [0.717, 1.165) is 27.1 Å². The van der Waals surface area contributed by atoms with E-state index in [-0.39, 0.29) is 11.3 Å². The van der Waals surface area contributed by atoms with Gasteiger partial charge in [0.15, 0.2) is 5.13 Å². The lowest BCUT2D eigenvalue weighted by Crippen LogP contribution is -2.13. The monoisotopic (exact) mass is 386 g/mol. The molecule has 1 N–H and O–H groups in total. The van der Waals surface area contributed by atoms with Crippen molar-refractivity contribution in [2.24, 2.45) is 0 Å². The van der Waals surface area contributed by atoms with Gasteiger partial charge in [-0.15, -0.1) is 22.7 Å². The Labute approximate surface area is 163 Å². The maximum absolute atomic E-state index is 12.6. The third-order valence-electron chi connectivity index (χ3n) is 4.37. The van der Waals surface area contributed by atoms with E-state index in [0.29, 0.717) is 5.13 Å². The third kappa shape index (κ3) is 4.51. The van der Waals surface area contributed by atoms with Crippen LogP contribution < -0.4 is 5.32 Å². The summed E-state index contributed by atoms with van der Waals surface area (Å²) in [6.07, 6.45) is 4.83. The number of aromatic nitrogens is 1. The number of benzene rings is 1. The molecule has 5 heteroatoms. The molecular formula is C21H26N2OS2. The molecule has 26 heavy (non-hydrogen) atoms. The molecule has 1 amide bonds. The van der Waals surface area contributed by atoms with Gasteiger partial charge in [-0.05, 0) is 35.9 Å². The molecule has 0 fully saturated rings. The standard InChI is InChI=1S/C21H26N2OS2/c1-5-6-7-8-14-9-10-16-15(11-14)12-17(26-16)19(24)23-20-22-18(13-25-20)21(2,3)4/h9-13H,5-8H2,1-4H3,(H,22,23,24). The van der Waals surface area contributed by atoms with Gasteiger partial charge in [0.05, 0.1) is 10.6 Å². The number of hydrogen-bond acceptors (Lipinski definition) is 4. The molecule has 1 aromatic carbocycles. The number of fused-ring (bicyclic) bond motifs is 1. The molecule has 3 nitrogen and oxygen atoms in total. The summed E-state index contributed by atoms with van der Waals surface area (Å²) in [5.74, 6) is -0.0754. The Kier molecular flexibility index (Phi) is 5.78. The van der Waals surface area contributed by atoms with Crippen LogP contribution in [0, 0.1) is 0 Å². The maximum Gasteiger partial charge on any atom is 0.267 e. The number of nitrogens with zero attached hydrogens (tertiary/aromatic N) is 1. The minimum Gasteiger partial charge on any atom is -0.297 e. The van der Waals surface area contributed by atoms with Crippen molar-refractivity contribution in [3.63, 3.8) is 0 Å². The van der Waals surface area contributed by atoms with Gasteiger partial charge in [-0.2, -0.15) is 0 Å². The molecule has 2 aromatic heterocycles. The highest BCUT2D eigenvalue weighted by molar-refractivity contribution is 7.21. The van der Waals surface area contributed by atoms with Crippen molar-refractivity contribution in [3.8, 4) is 0 Å². The van der Waals surface area contributed by atoms with Crippen LogP contribution in [0.2, 0.25) is 0 Å². The highest BCUT2D eigenvalue weighted by Gasteiger charge is 2.19. The Morgan fingerprint density at radius 2 is 2.00 bits per heavy atom. The number of aryl methyl sites for hydroxylation is 1. The van der Waals surface area contributed by atoms with E-state index in [1.54, 1.807) is 0 Å². The number of amides is 1. The molecule has 3 aromatic rings. The number of carbonyl (C=O) groups excluding carboxylic acids is 1. The van der Waals surface area contributed by atoms with Crippen LogP contribution >= 0.6 is 22.7 Å². The normalized spacial score (nSPS) is 11.8. The molecule has 0 bridgehead atoms. The van der Waals surface area contributed by atoms with Crippen LogP contribution in [0.3, 0.4) is 0 Å². The summed E-state index contributed by atoms with van der Waals surface area (Å²) in [4.78, 5) is 17.9. The van der Waals surface area contributed by atoms with Crippen molar-refractivity contribution in [1.82, 2.24) is 4.98 Å². The van der Waals surface area contributed by atoms with Crippen LogP contribution in [-0.2, 0) is 11.8 Å². The van der Waals surface area contributed by atoms with Crippen molar-refractivity contribution < 1.29 is 4.79 Å². The Hall–Kier alpha value is -1.72. The molecular weight excluding hydrogens is 360 g/mol. The fourth-order valence-electron chi connectivity index (χ4n) is 2.77. The van der Waals surface area contributed by atoms with E-state index < -0.39 is 0 Å². The van der Waals surface area contributed by atoms with Crippen LogP contribution in [-0.4, -0.2) is 10.9 Å². The molecule has 0 aliphatic carbocycles. The Bertz CT molecular complexity index is 902. The zero-order chi connectivity index (χ0) is 18.7. The summed E-state index contributed by atoms with van der Waals surface area (Å²) in [5, 5.41) is 6.78. The van der Waals surface area contributed by atoms with Gasteiger partial charge in [0, 0.05) is 15.5 Å². The van der Waals surface area contributed by atoms with Crippen LogP contribution in [0.5, 0.6) is 0 Å². The van der Waals surface area contributed by atoms with Crippen LogP contribution in [0.25, 0.3) is 10.1 Å². The second-order valence-electron chi connectivity index (χ2n) is 7.68. The predicted molar refractivity (Wildman–Crippen MR) is 114 cm³/mol. The van der Waals surface area contributed by atoms with Gasteiger partial charge in [0.1, 0.15) is 0 Å². The average Bonchev–Trinajstić information content (AvgIpc) is 3.21. The largest absolute Gasteiger partial charge is 0.297 e. The molecule has 0 atom stereocenters. The van der Waals surface area contributed by atoms with Crippen LogP contribution in [0.4, 0.5) is 5.13 Å². The van der Waals surface area contributed by atoms with Gasteiger partial charge >= 0.3 is 0 Å². The van der Waals surface area contributed by atoms with Crippen LogP contribution in [0.1, 0.15) is 67.9 Å². The number of thiophene rings is 1. The van der Waals surface area contributed by atoms with Crippen molar-refractivity contribution in [3.05, 3.63) is 45.8 Å². The second kappa shape index (κ2) is 7.89. The fraction of sp³-hybridized carbons (Fsp3) is 0.429. The topological polar surface area (TPSA) is 42.0 Å². The van der Waals surface area contributed by atoms with Gasteiger partial charge < -0.3 is 0 Å². The smallest absolute Gasteiger partial charge is 0.267 e. The molecule has 0 saturated heterocycles. The number of rotatable bonds is 6. The lowest BCUT2D eigenvalue weighted by molar-refractivity contribution is 0.103. The van der Waals surface area contributed by atoms with E-state index in [4.69, 9.17) is 0 Å². The van der Waals surface area contributed by atoms with Crippen molar-refractivity contribution in [2.75, 3.05) is 5.32 Å². The van der Waals surface area contributed by atoms with E-state index in [1.165, 1.54) is 47.5 Å². The molecule has 0 unspecified atom stereocenters. The van der Waals surface area contributed by atoms with Crippen molar-refractivity contribution in [2.45, 2.75) is 58.8 Å². The molecule has 3 rings (SSSR count). The number of hydrogen-bond donors (Lipinski definition) is 1. The Balaban J connectivity index is 1.73. The first-order valence-corrected chi connectivity index (χ1v) is 10.9. The van der Waals surface area contributed by atoms with E-state index >= 15 is 0 Å². The summed E-state index contributed by atoms with van der Waals surface area (Å²) >= 11 is 3.02. The maximum atomic E-state index is 12.6. The fourth-order valence-corrected chi connectivity index (χ4v) is 4.64. The minimum atomic E-state index is -0.0754. The first kappa shape index (κ1) is 19.1. The first-order valence-electron chi connectivity index (χ1n) is 9.16. The summed E-state index contributed by atoms with van der Waals surface area (Å²) in [6, 6.07) is 8.54. The summed E-state index contributed by atoms with van der Waals surface area (Å²) < 4.78 is 1.16. The van der Waals surface area contributed by atoms with Gasteiger partial charge in [-0.25, -0.2) is 4.98 Å². The van der Waals surface area contributed by atoms with Gasteiger partial charge in [-0.1, -0.05) is 52.7 Å². The van der Waals surface area contributed by atoms with Gasteiger partial charge in [-0.3, -0.25) is 10.1 Å². The molecule has 0 radical (unpaired) electrons. The number of carbonyl (C=O) groups is 1. The Morgan fingerprint density at radius 1 is 1.19 bits per heavy atom. The highest BCUT2D eigenvalue weighted by Crippen LogP contribution is 2.30. The third-order valence-corrected chi connectivity index (χ3v) is 6.24. The van der Waals surface area contributed by atoms with Crippen LogP contribution in [0.15, 0.2) is 29.6 Å². The molecule has 2 heterocycles. The lowest BCUT2D eigenvalue weighted by Gasteiger charge is -2.14. The molecule has 0 aliphatic heterocycles. The van der Waals surface area contributed by atoms with E-state index in [9.17, 15) is 4.79 Å². The summed E-state index contributed by atoms with van der Waals surface area (Å²) in [6.45, 7) is 8.59. The molecule has 138 valence electrons. The molecule has 0 aliphatic rings. The number of unbranched alkanes of at least 4 members (excludes halogenated alkanes) is 2. The first-order chi connectivity index (χ1) is 12.4. The van der Waals surface area contributed by atoms with Gasteiger partial charge in [0.2, 0.25) is 0 Å². The molecule has 0 spiro atoms. The number of anilines is 1. The zero-order valence-electron chi connectivity index (χ0n) is 15.9. The van der Waals surface area contributed by atoms with E-state index in [2.05, 4.69) is 56.2 Å². The quantitative estimate of drug-likeness (QED) is 0.482. The van der Waals surface area contributed by atoms with Crippen molar-refractivity contribution >= 4 is 43.8 Å². The predicted octanol–water partition coefficient (Wildman–Crippen LogP) is 6.64. The zero-order valence-corrected chi connectivity index (χ0v) is 17.5. The molecule has 0 saturated carbocycles.